The topological polar surface area (TPSA) is 35.2 Å². The highest BCUT2D eigenvalue weighted by Crippen LogP contribution is 2.33. The fourth-order valence-corrected chi connectivity index (χ4v) is 2.63. The summed E-state index contributed by atoms with van der Waals surface area (Å²) in [7, 11) is 0. The van der Waals surface area contributed by atoms with Gasteiger partial charge in [-0.3, -0.25) is 0 Å². The fraction of sp³-hybridized carbons (Fsp3) is 0.250. The lowest BCUT2D eigenvalue weighted by atomic mass is 9.97. The molecule has 0 fully saturated rings. The van der Waals surface area contributed by atoms with Crippen LogP contribution in [0.4, 0.5) is 8.78 Å². The molecule has 3 rings (SSSR count). The Morgan fingerprint density at radius 2 is 1.90 bits per heavy atom. The number of fused-ring (bicyclic) bond motifs is 1. The molecule has 0 spiro atoms. The monoisotopic (exact) mass is 275 g/mol. The molecule has 1 aliphatic rings. The zero-order valence-electron chi connectivity index (χ0n) is 10.9. The molecule has 2 aromatic rings. The fourth-order valence-electron chi connectivity index (χ4n) is 2.63. The molecule has 1 atom stereocenters. The second kappa shape index (κ2) is 5.21. The van der Waals surface area contributed by atoms with Crippen LogP contribution in [0.15, 0.2) is 36.4 Å². The van der Waals surface area contributed by atoms with Gasteiger partial charge in [0.25, 0.3) is 0 Å². The van der Waals surface area contributed by atoms with E-state index >= 15 is 0 Å². The van der Waals surface area contributed by atoms with Gasteiger partial charge in [-0.05, 0) is 29.7 Å². The molecular weight excluding hydrogens is 260 g/mol. The first-order valence-electron chi connectivity index (χ1n) is 6.58. The van der Waals surface area contributed by atoms with E-state index in [-0.39, 0.29) is 6.04 Å². The molecule has 4 heteroatoms. The summed E-state index contributed by atoms with van der Waals surface area (Å²) in [6.45, 7) is 0.660. The molecule has 1 heterocycles. The van der Waals surface area contributed by atoms with Crippen LogP contribution in [0.2, 0.25) is 0 Å². The van der Waals surface area contributed by atoms with Crippen LogP contribution in [-0.4, -0.2) is 6.61 Å². The summed E-state index contributed by atoms with van der Waals surface area (Å²) in [5.74, 6) is -0.333. The van der Waals surface area contributed by atoms with Gasteiger partial charge in [0.05, 0.1) is 6.61 Å². The van der Waals surface area contributed by atoms with Crippen LogP contribution in [0.3, 0.4) is 0 Å². The molecule has 0 aromatic heterocycles. The normalized spacial score (nSPS) is 14.8. The molecule has 2 N–H and O–H groups in total. The summed E-state index contributed by atoms with van der Waals surface area (Å²) in [6, 6.07) is 9.00. The van der Waals surface area contributed by atoms with E-state index in [4.69, 9.17) is 10.5 Å². The van der Waals surface area contributed by atoms with E-state index in [1.807, 2.05) is 18.2 Å². The van der Waals surface area contributed by atoms with Crippen LogP contribution in [0.25, 0.3) is 0 Å². The van der Waals surface area contributed by atoms with Gasteiger partial charge in [-0.25, -0.2) is 8.78 Å². The Morgan fingerprint density at radius 3 is 2.65 bits per heavy atom. The van der Waals surface area contributed by atoms with E-state index in [0.717, 1.165) is 29.4 Å². The highest BCUT2D eigenvalue weighted by molar-refractivity contribution is 5.46. The highest BCUT2D eigenvalue weighted by Gasteiger charge is 2.20. The Morgan fingerprint density at radius 1 is 1.15 bits per heavy atom. The quantitative estimate of drug-likeness (QED) is 0.934. The van der Waals surface area contributed by atoms with Gasteiger partial charge in [0, 0.05) is 24.1 Å². The molecule has 0 amide bonds. The predicted molar refractivity (Wildman–Crippen MR) is 72.6 cm³/mol. The minimum absolute atomic E-state index is 0.343. The van der Waals surface area contributed by atoms with Gasteiger partial charge in [0.15, 0.2) is 0 Å². The lowest BCUT2D eigenvalue weighted by molar-refractivity contribution is 0.351. The first-order valence-corrected chi connectivity index (χ1v) is 6.58. The van der Waals surface area contributed by atoms with Gasteiger partial charge in [-0.2, -0.15) is 0 Å². The van der Waals surface area contributed by atoms with Crippen LogP contribution < -0.4 is 10.5 Å². The number of nitrogens with two attached hydrogens (primary N) is 1. The number of hydrogen-bond donors (Lipinski definition) is 1. The number of ether oxygens (including phenoxy) is 1. The minimum Gasteiger partial charge on any atom is -0.493 e. The van der Waals surface area contributed by atoms with Crippen molar-refractivity contribution in [1.29, 1.82) is 0 Å². The third-order valence-electron chi connectivity index (χ3n) is 3.52. The summed E-state index contributed by atoms with van der Waals surface area (Å²) < 4.78 is 32.0. The largest absolute Gasteiger partial charge is 0.493 e. The third kappa shape index (κ3) is 2.51. The number of rotatable bonds is 3. The molecule has 0 aliphatic carbocycles. The van der Waals surface area contributed by atoms with Gasteiger partial charge >= 0.3 is 0 Å². The number of benzene rings is 2. The van der Waals surface area contributed by atoms with Crippen molar-refractivity contribution >= 4 is 0 Å². The molecule has 0 saturated heterocycles. The van der Waals surface area contributed by atoms with Crippen molar-refractivity contribution in [3.63, 3.8) is 0 Å². The van der Waals surface area contributed by atoms with E-state index in [1.54, 1.807) is 0 Å². The molecular formula is C16H15F2NO. The third-order valence-corrected chi connectivity index (χ3v) is 3.52. The second-order valence-electron chi connectivity index (χ2n) is 5.02. The SMILES string of the molecule is NC(Cc1cc(F)cc(F)c1)c1cccc2c1OCC2. The Bertz CT molecular complexity index is 622. The van der Waals surface area contributed by atoms with Crippen molar-refractivity contribution in [2.75, 3.05) is 6.61 Å². The van der Waals surface area contributed by atoms with Crippen LogP contribution in [0.1, 0.15) is 22.7 Å². The number of halogens is 2. The zero-order chi connectivity index (χ0) is 14.1. The van der Waals surface area contributed by atoms with Crippen LogP contribution in [0.5, 0.6) is 5.75 Å². The first-order chi connectivity index (χ1) is 9.63. The zero-order valence-corrected chi connectivity index (χ0v) is 10.9. The van der Waals surface area contributed by atoms with E-state index in [9.17, 15) is 8.78 Å². The molecule has 0 saturated carbocycles. The van der Waals surface area contributed by atoms with Gasteiger partial charge < -0.3 is 10.5 Å². The van der Waals surface area contributed by atoms with Gasteiger partial charge in [0.1, 0.15) is 17.4 Å². The van der Waals surface area contributed by atoms with E-state index in [1.165, 1.54) is 12.1 Å². The van der Waals surface area contributed by atoms with Crippen LogP contribution in [0, 0.1) is 11.6 Å². The summed E-state index contributed by atoms with van der Waals surface area (Å²) in [5.41, 5.74) is 8.76. The lowest BCUT2D eigenvalue weighted by Gasteiger charge is -2.15. The average Bonchev–Trinajstić information content (AvgIpc) is 2.85. The Balaban J connectivity index is 1.86. The molecule has 2 aromatic carbocycles. The summed E-state index contributed by atoms with van der Waals surface area (Å²) in [5, 5.41) is 0. The van der Waals surface area contributed by atoms with Crippen molar-refractivity contribution < 1.29 is 13.5 Å². The highest BCUT2D eigenvalue weighted by atomic mass is 19.1. The van der Waals surface area contributed by atoms with Gasteiger partial charge in [-0.15, -0.1) is 0 Å². The number of hydrogen-bond acceptors (Lipinski definition) is 2. The summed E-state index contributed by atoms with van der Waals surface area (Å²) in [4.78, 5) is 0. The maximum absolute atomic E-state index is 13.2. The van der Waals surface area contributed by atoms with Crippen LogP contribution in [-0.2, 0) is 12.8 Å². The number of para-hydroxylation sites is 1. The van der Waals surface area contributed by atoms with E-state index in [2.05, 4.69) is 0 Å². The van der Waals surface area contributed by atoms with Crippen LogP contribution >= 0.6 is 0 Å². The molecule has 2 nitrogen and oxygen atoms in total. The predicted octanol–water partition coefficient (Wildman–Crippen LogP) is 3.14. The summed E-state index contributed by atoms with van der Waals surface area (Å²) >= 11 is 0. The average molecular weight is 275 g/mol. The molecule has 0 radical (unpaired) electrons. The van der Waals surface area contributed by atoms with Crippen molar-refractivity contribution in [3.05, 3.63) is 64.7 Å². The molecule has 104 valence electrons. The first kappa shape index (κ1) is 13.1. The maximum Gasteiger partial charge on any atom is 0.127 e. The second-order valence-corrected chi connectivity index (χ2v) is 5.02. The standard InChI is InChI=1S/C16H15F2NO/c17-12-6-10(7-13(18)9-12)8-15(19)14-3-1-2-11-4-5-20-16(11)14/h1-3,6-7,9,15H,4-5,8,19H2. The van der Waals surface area contributed by atoms with Crippen molar-refractivity contribution in [2.45, 2.75) is 18.9 Å². The van der Waals surface area contributed by atoms with Gasteiger partial charge in [-0.1, -0.05) is 18.2 Å². The maximum atomic E-state index is 13.2. The molecule has 20 heavy (non-hydrogen) atoms. The van der Waals surface area contributed by atoms with Gasteiger partial charge in [0.2, 0.25) is 0 Å². The Labute approximate surface area is 116 Å². The lowest BCUT2D eigenvalue weighted by Crippen LogP contribution is -2.14. The summed E-state index contributed by atoms with van der Waals surface area (Å²) in [6.07, 6.45) is 1.25. The minimum atomic E-state index is -0.582. The molecule has 1 unspecified atom stereocenters. The van der Waals surface area contributed by atoms with Crippen molar-refractivity contribution in [3.8, 4) is 5.75 Å². The smallest absolute Gasteiger partial charge is 0.127 e. The van der Waals surface area contributed by atoms with Crippen molar-refractivity contribution in [1.82, 2.24) is 0 Å². The Hall–Kier alpha value is -1.94. The molecule has 1 aliphatic heterocycles. The Kier molecular flexibility index (Phi) is 3.40. The van der Waals surface area contributed by atoms with E-state index < -0.39 is 11.6 Å². The molecule has 0 bridgehead atoms. The van der Waals surface area contributed by atoms with E-state index in [0.29, 0.717) is 18.6 Å². The van der Waals surface area contributed by atoms with Crippen molar-refractivity contribution in [2.24, 2.45) is 5.73 Å².